The van der Waals surface area contributed by atoms with Crippen molar-refractivity contribution in [3.8, 4) is 0 Å². The topological polar surface area (TPSA) is 84.3 Å². The lowest BCUT2D eigenvalue weighted by Crippen LogP contribution is -2.40. The molecule has 0 aromatic carbocycles. The zero-order valence-electron chi connectivity index (χ0n) is 10.6. The Kier molecular flexibility index (Phi) is 3.61. The molecular formula is C12H15NO4S2. The Morgan fingerprint density at radius 3 is 2.74 bits per heavy atom. The third-order valence-corrected chi connectivity index (χ3v) is 7.24. The number of hydrogen-bond acceptors (Lipinski definition) is 5. The fourth-order valence-electron chi connectivity index (χ4n) is 2.35. The molecular weight excluding hydrogens is 286 g/mol. The minimum atomic E-state index is -3.67. The van der Waals surface area contributed by atoms with Crippen molar-refractivity contribution in [1.29, 1.82) is 0 Å². The number of pyridine rings is 1. The second kappa shape index (κ2) is 4.79. The van der Waals surface area contributed by atoms with Crippen molar-refractivity contribution in [3.63, 3.8) is 0 Å². The lowest BCUT2D eigenvalue weighted by Gasteiger charge is -2.25. The van der Waals surface area contributed by atoms with Gasteiger partial charge >= 0.3 is 5.97 Å². The number of sulfone groups is 1. The first-order valence-corrected chi connectivity index (χ1v) is 8.30. The molecule has 104 valence electrons. The highest BCUT2D eigenvalue weighted by Crippen LogP contribution is 2.46. The molecule has 2 heterocycles. The summed E-state index contributed by atoms with van der Waals surface area (Å²) >= 11 is 1.39. The molecule has 0 aliphatic carbocycles. The van der Waals surface area contributed by atoms with E-state index in [0.717, 1.165) is 0 Å². The standard InChI is InChI=1S/C12H15NO4S2/c1-12(2)10(11(14)15)9(7-18-12)19(16,17)8-4-3-5-13-6-8/h3-6,9-10H,7H2,1-2H3,(H,14,15)/t9?,10-/m1/s1. The van der Waals surface area contributed by atoms with Crippen LogP contribution in [0.15, 0.2) is 29.4 Å². The molecule has 1 aliphatic rings. The smallest absolute Gasteiger partial charge is 0.309 e. The van der Waals surface area contributed by atoms with Gasteiger partial charge in [-0.3, -0.25) is 9.78 Å². The Morgan fingerprint density at radius 1 is 1.53 bits per heavy atom. The summed E-state index contributed by atoms with van der Waals surface area (Å²) in [4.78, 5) is 15.3. The number of hydrogen-bond donors (Lipinski definition) is 1. The number of aromatic nitrogens is 1. The van der Waals surface area contributed by atoms with E-state index in [1.54, 1.807) is 13.8 Å². The Bertz CT molecular complexity index is 583. The van der Waals surface area contributed by atoms with E-state index in [1.807, 2.05) is 0 Å². The van der Waals surface area contributed by atoms with Gasteiger partial charge < -0.3 is 5.11 Å². The summed E-state index contributed by atoms with van der Waals surface area (Å²) in [5, 5.41) is 8.43. The van der Waals surface area contributed by atoms with E-state index in [4.69, 9.17) is 0 Å². The Hall–Kier alpha value is -1.08. The van der Waals surface area contributed by atoms with Crippen LogP contribution in [0.1, 0.15) is 13.8 Å². The highest BCUT2D eigenvalue weighted by Gasteiger charge is 2.53. The van der Waals surface area contributed by atoms with E-state index in [-0.39, 0.29) is 4.90 Å². The number of carbonyl (C=O) groups is 1. The molecule has 1 N–H and O–H groups in total. The van der Waals surface area contributed by atoms with E-state index >= 15 is 0 Å². The molecule has 7 heteroatoms. The number of carboxylic acid groups (broad SMARTS) is 1. The Balaban J connectivity index is 2.45. The van der Waals surface area contributed by atoms with Crippen LogP contribution >= 0.6 is 11.8 Å². The van der Waals surface area contributed by atoms with E-state index in [9.17, 15) is 18.3 Å². The fraction of sp³-hybridized carbons (Fsp3) is 0.500. The van der Waals surface area contributed by atoms with Crippen molar-refractivity contribution in [3.05, 3.63) is 24.5 Å². The van der Waals surface area contributed by atoms with Crippen LogP contribution in [0, 0.1) is 5.92 Å². The minimum absolute atomic E-state index is 0.0875. The van der Waals surface area contributed by atoms with Crippen LogP contribution in [0.25, 0.3) is 0 Å². The van der Waals surface area contributed by atoms with Crippen LogP contribution in [0.3, 0.4) is 0 Å². The van der Waals surface area contributed by atoms with Gasteiger partial charge in [0.25, 0.3) is 0 Å². The van der Waals surface area contributed by atoms with Crippen molar-refractivity contribution in [2.24, 2.45) is 5.92 Å². The van der Waals surface area contributed by atoms with Crippen molar-refractivity contribution in [1.82, 2.24) is 4.98 Å². The molecule has 0 spiro atoms. The van der Waals surface area contributed by atoms with Crippen LogP contribution in [0.4, 0.5) is 0 Å². The largest absolute Gasteiger partial charge is 0.481 e. The maximum atomic E-state index is 12.5. The van der Waals surface area contributed by atoms with Gasteiger partial charge in [-0.05, 0) is 26.0 Å². The van der Waals surface area contributed by atoms with Crippen LogP contribution < -0.4 is 0 Å². The van der Waals surface area contributed by atoms with Crippen LogP contribution in [0.2, 0.25) is 0 Å². The number of carboxylic acids is 1. The molecule has 0 amide bonds. The predicted octanol–water partition coefficient (Wildman–Crippen LogP) is 1.45. The molecule has 19 heavy (non-hydrogen) atoms. The SMILES string of the molecule is CC1(C)SCC(S(=O)(=O)c2cccnc2)[C@@H]1C(=O)O. The fourth-order valence-corrected chi connectivity index (χ4v) is 6.22. The average Bonchev–Trinajstić information content (AvgIpc) is 2.66. The number of aliphatic carboxylic acids is 1. The number of rotatable bonds is 3. The summed E-state index contributed by atoms with van der Waals surface area (Å²) < 4.78 is 24.4. The van der Waals surface area contributed by atoms with Crippen molar-refractivity contribution >= 4 is 27.6 Å². The molecule has 5 nitrogen and oxygen atoms in total. The van der Waals surface area contributed by atoms with Crippen LogP contribution in [0.5, 0.6) is 0 Å². The number of nitrogens with zero attached hydrogens (tertiary/aromatic N) is 1. The normalized spacial score (nSPS) is 26.2. The summed E-state index contributed by atoms with van der Waals surface area (Å²) in [6.45, 7) is 3.55. The van der Waals surface area contributed by atoms with Crippen molar-refractivity contribution in [2.75, 3.05) is 5.75 Å². The third-order valence-electron chi connectivity index (χ3n) is 3.37. The molecule has 0 bridgehead atoms. The third kappa shape index (κ3) is 2.49. The molecule has 1 saturated heterocycles. The highest BCUT2D eigenvalue weighted by atomic mass is 32.2. The van der Waals surface area contributed by atoms with E-state index in [2.05, 4.69) is 4.98 Å². The predicted molar refractivity (Wildman–Crippen MR) is 72.9 cm³/mol. The highest BCUT2D eigenvalue weighted by molar-refractivity contribution is 8.02. The molecule has 0 saturated carbocycles. The zero-order chi connectivity index (χ0) is 14.3. The lowest BCUT2D eigenvalue weighted by atomic mass is 9.93. The van der Waals surface area contributed by atoms with Gasteiger partial charge in [0.15, 0.2) is 9.84 Å². The first kappa shape index (κ1) is 14.3. The molecule has 1 aromatic heterocycles. The van der Waals surface area contributed by atoms with Gasteiger partial charge in [-0.1, -0.05) is 0 Å². The molecule has 1 unspecified atom stereocenters. The minimum Gasteiger partial charge on any atom is -0.481 e. The molecule has 1 fully saturated rings. The maximum Gasteiger partial charge on any atom is 0.309 e. The monoisotopic (exact) mass is 301 g/mol. The van der Waals surface area contributed by atoms with Crippen LogP contribution in [-0.4, -0.2) is 40.2 Å². The van der Waals surface area contributed by atoms with Gasteiger partial charge in [0.2, 0.25) is 0 Å². The van der Waals surface area contributed by atoms with Gasteiger partial charge in [0, 0.05) is 22.9 Å². The molecule has 2 rings (SSSR count). The number of thioether (sulfide) groups is 1. The van der Waals surface area contributed by atoms with E-state index < -0.39 is 31.7 Å². The van der Waals surface area contributed by atoms with Gasteiger partial charge in [0.05, 0.1) is 16.1 Å². The summed E-state index contributed by atoms with van der Waals surface area (Å²) in [6.07, 6.45) is 2.76. The van der Waals surface area contributed by atoms with E-state index in [0.29, 0.717) is 5.75 Å². The van der Waals surface area contributed by atoms with Gasteiger partial charge in [-0.25, -0.2) is 8.42 Å². The lowest BCUT2D eigenvalue weighted by molar-refractivity contribution is -0.142. The Morgan fingerprint density at radius 2 is 2.21 bits per heavy atom. The average molecular weight is 301 g/mol. The first-order chi connectivity index (χ1) is 8.77. The maximum absolute atomic E-state index is 12.5. The summed E-state index contributed by atoms with van der Waals surface area (Å²) in [5.74, 6) is -1.68. The summed E-state index contributed by atoms with van der Waals surface area (Å²) in [7, 11) is -3.67. The van der Waals surface area contributed by atoms with Crippen LogP contribution in [-0.2, 0) is 14.6 Å². The van der Waals surface area contributed by atoms with Crippen molar-refractivity contribution in [2.45, 2.75) is 28.7 Å². The quantitative estimate of drug-likeness (QED) is 0.909. The molecule has 1 aromatic rings. The molecule has 1 aliphatic heterocycles. The van der Waals surface area contributed by atoms with Gasteiger partial charge in [-0.2, -0.15) is 11.8 Å². The second-order valence-corrected chi connectivity index (χ2v) is 8.84. The summed E-state index contributed by atoms with van der Waals surface area (Å²) in [5.41, 5.74) is 0. The van der Waals surface area contributed by atoms with E-state index in [1.165, 1.54) is 36.3 Å². The van der Waals surface area contributed by atoms with Gasteiger partial charge in [-0.15, -0.1) is 0 Å². The first-order valence-electron chi connectivity index (χ1n) is 5.77. The second-order valence-electron chi connectivity index (χ2n) is 5.00. The van der Waals surface area contributed by atoms with Gasteiger partial charge in [0.1, 0.15) is 0 Å². The molecule has 0 radical (unpaired) electrons. The Labute approximate surface area is 116 Å². The van der Waals surface area contributed by atoms with Crippen molar-refractivity contribution < 1.29 is 18.3 Å². The zero-order valence-corrected chi connectivity index (χ0v) is 12.2. The summed E-state index contributed by atoms with van der Waals surface area (Å²) in [6, 6.07) is 2.99. The molecule has 2 atom stereocenters.